The Kier molecular flexibility index (Phi) is 6.95. The Labute approximate surface area is 204 Å². The van der Waals surface area contributed by atoms with Gasteiger partial charge in [-0.05, 0) is 60.2 Å². The topological polar surface area (TPSA) is 118 Å². The van der Waals surface area contributed by atoms with E-state index in [9.17, 15) is 31.2 Å². The first-order valence-electron chi connectivity index (χ1n) is 10.5. The predicted molar refractivity (Wildman–Crippen MR) is 120 cm³/mol. The molecule has 0 saturated carbocycles. The number of carbonyl (C=O) groups is 2. The lowest BCUT2D eigenvalue weighted by atomic mass is 10.2. The van der Waals surface area contributed by atoms with Gasteiger partial charge in [0.2, 0.25) is 10.0 Å². The molecule has 9 nitrogen and oxygen atoms in total. The molecule has 1 aromatic heterocycles. The average Bonchev–Trinajstić information content (AvgIpc) is 3.16. The Morgan fingerprint density at radius 1 is 0.972 bits per heavy atom. The van der Waals surface area contributed by atoms with Gasteiger partial charge >= 0.3 is 12.2 Å². The highest BCUT2D eigenvalue weighted by Crippen LogP contribution is 2.31. The number of carbonyl (C=O) groups excluding carboxylic acids is 2. The number of benzene rings is 2. The maximum Gasteiger partial charge on any atom is 0.416 e. The molecule has 0 unspecified atom stereocenters. The van der Waals surface area contributed by atoms with Crippen LogP contribution in [-0.2, 0) is 27.5 Å². The van der Waals surface area contributed by atoms with Gasteiger partial charge < -0.3 is 10.1 Å². The molecule has 1 fully saturated rings. The summed E-state index contributed by atoms with van der Waals surface area (Å²) in [6, 6.07) is 10.9. The minimum absolute atomic E-state index is 0.111. The molecule has 1 saturated heterocycles. The van der Waals surface area contributed by atoms with Crippen molar-refractivity contribution >= 4 is 22.0 Å². The first-order chi connectivity index (χ1) is 17.0. The quantitative estimate of drug-likeness (QED) is 0.440. The second-order valence-corrected chi connectivity index (χ2v) is 9.71. The van der Waals surface area contributed by atoms with Crippen LogP contribution < -0.4 is 15.4 Å². The van der Waals surface area contributed by atoms with Gasteiger partial charge in [0.1, 0.15) is 17.5 Å². The molecular weight excluding hydrogens is 501 g/mol. The highest BCUT2D eigenvalue weighted by atomic mass is 32.2. The summed E-state index contributed by atoms with van der Waals surface area (Å²) in [5.74, 6) is -0.304. The van der Waals surface area contributed by atoms with Crippen molar-refractivity contribution in [3.63, 3.8) is 0 Å². The molecule has 0 spiro atoms. The summed E-state index contributed by atoms with van der Waals surface area (Å²) in [7, 11) is -4.15. The smallest absolute Gasteiger partial charge is 0.416 e. The summed E-state index contributed by atoms with van der Waals surface area (Å²) in [6.07, 6.45) is -1.46. The number of nitrogens with zero attached hydrogens (tertiary/aromatic N) is 2. The van der Waals surface area contributed by atoms with Crippen molar-refractivity contribution in [2.24, 2.45) is 0 Å². The monoisotopic (exact) mass is 520 g/mol. The zero-order valence-electron chi connectivity index (χ0n) is 18.4. The molecule has 0 bridgehead atoms. The van der Waals surface area contributed by atoms with Crippen LogP contribution in [0.2, 0.25) is 0 Å². The van der Waals surface area contributed by atoms with Crippen LogP contribution in [0.5, 0.6) is 11.5 Å². The van der Waals surface area contributed by atoms with Crippen LogP contribution in [0.3, 0.4) is 0 Å². The van der Waals surface area contributed by atoms with Crippen molar-refractivity contribution in [1.82, 2.24) is 19.9 Å². The predicted octanol–water partition coefficient (Wildman–Crippen LogP) is 3.29. The van der Waals surface area contributed by atoms with E-state index in [2.05, 4.69) is 15.6 Å². The van der Waals surface area contributed by atoms with E-state index in [0.717, 1.165) is 28.6 Å². The summed E-state index contributed by atoms with van der Waals surface area (Å²) in [6.45, 7) is -0.432. The number of hydrogen-bond acceptors (Lipinski definition) is 6. The highest BCUT2D eigenvalue weighted by Gasteiger charge is 2.35. The summed E-state index contributed by atoms with van der Waals surface area (Å²) in [5.41, 5.74) is -0.259. The summed E-state index contributed by atoms with van der Waals surface area (Å²) >= 11 is 0. The minimum atomic E-state index is -4.47. The van der Waals surface area contributed by atoms with Crippen LogP contribution >= 0.6 is 0 Å². The van der Waals surface area contributed by atoms with E-state index >= 15 is 0 Å². The van der Waals surface area contributed by atoms with Gasteiger partial charge in [-0.1, -0.05) is 6.07 Å². The van der Waals surface area contributed by atoms with Gasteiger partial charge in [-0.2, -0.15) is 17.5 Å². The number of hydrogen-bond donors (Lipinski definition) is 2. The van der Waals surface area contributed by atoms with Crippen LogP contribution in [0.1, 0.15) is 11.1 Å². The van der Waals surface area contributed by atoms with Crippen LogP contribution in [0.15, 0.2) is 78.0 Å². The van der Waals surface area contributed by atoms with Gasteiger partial charge in [0.25, 0.3) is 5.91 Å². The number of alkyl halides is 3. The first kappa shape index (κ1) is 25.1. The number of sulfonamides is 1. The summed E-state index contributed by atoms with van der Waals surface area (Å²) in [5, 5.41) is 4.45. The van der Waals surface area contributed by atoms with Gasteiger partial charge in [0.05, 0.1) is 10.5 Å². The Bertz CT molecular complexity index is 1350. The molecule has 4 rings (SSSR count). The molecule has 2 N–H and O–H groups in total. The molecule has 13 heteroatoms. The molecule has 188 valence electrons. The molecule has 0 aliphatic carbocycles. The Balaban J connectivity index is 1.54. The van der Waals surface area contributed by atoms with E-state index in [1.165, 1.54) is 36.7 Å². The molecule has 3 aromatic rings. The number of rotatable bonds is 8. The lowest BCUT2D eigenvalue weighted by Gasteiger charge is -2.24. The molecule has 36 heavy (non-hydrogen) atoms. The fourth-order valence-corrected chi connectivity index (χ4v) is 4.85. The van der Waals surface area contributed by atoms with Crippen LogP contribution in [-0.4, -0.2) is 42.2 Å². The Morgan fingerprint density at radius 2 is 1.61 bits per heavy atom. The Morgan fingerprint density at radius 3 is 2.14 bits per heavy atom. The molecular formula is C23H19F3N4O5S. The lowest BCUT2D eigenvalue weighted by molar-refractivity contribution is -0.137. The summed E-state index contributed by atoms with van der Waals surface area (Å²) < 4.78 is 71.6. The third kappa shape index (κ3) is 5.80. The Hall–Kier alpha value is -3.97. The third-order valence-corrected chi connectivity index (χ3v) is 7.03. The van der Waals surface area contributed by atoms with Crippen LogP contribution in [0.25, 0.3) is 0 Å². The molecule has 1 atom stereocenters. The second kappa shape index (κ2) is 9.95. The molecule has 3 amide bonds. The average molecular weight is 520 g/mol. The van der Waals surface area contributed by atoms with E-state index < -0.39 is 39.7 Å². The molecule has 1 aliphatic heterocycles. The van der Waals surface area contributed by atoms with Gasteiger partial charge in [0, 0.05) is 25.5 Å². The number of pyridine rings is 1. The van der Waals surface area contributed by atoms with Crippen molar-refractivity contribution in [3.05, 3.63) is 84.2 Å². The molecule has 2 heterocycles. The van der Waals surface area contributed by atoms with Crippen LogP contribution in [0.4, 0.5) is 18.0 Å². The maximum absolute atomic E-state index is 13.4. The zero-order valence-corrected chi connectivity index (χ0v) is 19.2. The largest absolute Gasteiger partial charge is 0.457 e. The number of halogens is 3. The fraction of sp³-hybridized carbons (Fsp3) is 0.174. The highest BCUT2D eigenvalue weighted by molar-refractivity contribution is 7.89. The van der Waals surface area contributed by atoms with Crippen molar-refractivity contribution < 1.29 is 35.9 Å². The van der Waals surface area contributed by atoms with Gasteiger partial charge in [-0.25, -0.2) is 13.2 Å². The van der Waals surface area contributed by atoms with Crippen molar-refractivity contribution in [2.45, 2.75) is 23.7 Å². The first-order valence-corrected chi connectivity index (χ1v) is 11.9. The number of urea groups is 1. The van der Waals surface area contributed by atoms with Crippen molar-refractivity contribution in [2.75, 3.05) is 6.54 Å². The standard InChI is InChI=1S/C23H19F3N4O5S/c24-23(25,26)16-3-5-17(6-4-16)35-18-7-9-19(10-8-18)36(33,34)30(13-15-2-1-11-27-12-15)14-20-21(31)29-22(32)28-20/h1-12,20H,13-14H2,(H2,28,29,31,32)/t20-/m0/s1. The number of imide groups is 1. The fourth-order valence-electron chi connectivity index (χ4n) is 3.41. The van der Waals surface area contributed by atoms with E-state index in [1.807, 2.05) is 0 Å². The van der Waals surface area contributed by atoms with Gasteiger partial charge in [-0.15, -0.1) is 0 Å². The number of ether oxygens (including phenoxy) is 1. The van der Waals surface area contributed by atoms with E-state index in [0.29, 0.717) is 5.56 Å². The number of aromatic nitrogens is 1. The molecule has 2 aromatic carbocycles. The van der Waals surface area contributed by atoms with E-state index in [-0.39, 0.29) is 29.5 Å². The number of nitrogens with one attached hydrogen (secondary N) is 2. The second-order valence-electron chi connectivity index (χ2n) is 7.77. The number of amides is 3. The van der Waals surface area contributed by atoms with Crippen molar-refractivity contribution in [1.29, 1.82) is 0 Å². The van der Waals surface area contributed by atoms with Crippen LogP contribution in [0, 0.1) is 0 Å². The van der Waals surface area contributed by atoms with E-state index in [1.54, 1.807) is 12.1 Å². The third-order valence-electron chi connectivity index (χ3n) is 5.21. The normalized spacial score (nSPS) is 16.1. The molecule has 1 aliphatic rings. The maximum atomic E-state index is 13.4. The van der Waals surface area contributed by atoms with Gasteiger partial charge in [-0.3, -0.25) is 15.1 Å². The summed E-state index contributed by atoms with van der Waals surface area (Å²) in [4.78, 5) is 27.4. The minimum Gasteiger partial charge on any atom is -0.457 e. The lowest BCUT2D eigenvalue weighted by Crippen LogP contribution is -2.44. The zero-order chi connectivity index (χ0) is 25.9. The SMILES string of the molecule is O=C1NC(=O)[C@H](CN(Cc2cccnc2)S(=O)(=O)c2ccc(Oc3ccc(C(F)(F)F)cc3)cc2)N1. The van der Waals surface area contributed by atoms with E-state index in [4.69, 9.17) is 4.74 Å². The molecule has 0 radical (unpaired) electrons. The van der Waals surface area contributed by atoms with Crippen molar-refractivity contribution in [3.8, 4) is 11.5 Å². The van der Waals surface area contributed by atoms with Gasteiger partial charge in [0.15, 0.2) is 0 Å².